The maximum Gasteiger partial charge on any atom is 0.0544 e. The summed E-state index contributed by atoms with van der Waals surface area (Å²) < 4.78 is 12.3. The second-order valence-corrected chi connectivity index (χ2v) is 39.7. The first-order valence-corrected chi connectivity index (χ1v) is 47.0. The molecule has 5 nitrogen and oxygen atoms in total. The Morgan fingerprint density at radius 1 is 0.143 bits per heavy atom. The molecule has 5 heteroatoms. The van der Waals surface area contributed by atoms with Gasteiger partial charge >= 0.3 is 0 Å². The van der Waals surface area contributed by atoms with E-state index in [9.17, 15) is 0 Å². The summed E-state index contributed by atoms with van der Waals surface area (Å²) in [5.74, 6) is 0. The van der Waals surface area contributed by atoms with Crippen LogP contribution in [0.5, 0.6) is 0 Å². The summed E-state index contributed by atoms with van der Waals surface area (Å²) in [6.07, 6.45) is 0. The molecule has 0 fully saturated rings. The molecule has 133 heavy (non-hydrogen) atoms. The van der Waals surface area contributed by atoms with Gasteiger partial charge in [0.25, 0.3) is 0 Å². The van der Waals surface area contributed by atoms with E-state index >= 15 is 0 Å². The number of aryl methyl sites for hydroxylation is 2. The molecule has 0 N–H and O–H groups in total. The Morgan fingerprint density at radius 3 is 0.842 bits per heavy atom. The SMILES string of the molecule is CC1(C)c2cc(-c3ccccc3)ccc2-c2ccc(-n3c4ccccc4c4cc5c(cc43)C(C)(C)c3ccccc3-5)cc21.CC1(C)c2ccccc2-c2cc3c4ccccc4n(-c4ccc5c(c4)c4cc(-c6ccccc6)ccc4n5-c4ccccc4)c3cc21.Cc1cc(C)cc(-n2c3ccccc3c3cc(-n4c5ccccc5c5cc6c(cc54)C(C)(C)c4ccccc4-6)ccc32)c1. The summed E-state index contributed by atoms with van der Waals surface area (Å²) in [6.45, 7) is 23.3. The third-order valence-electron chi connectivity index (χ3n) is 30.7. The highest BCUT2D eigenvalue weighted by Gasteiger charge is 2.41. The van der Waals surface area contributed by atoms with E-state index in [1.54, 1.807) is 0 Å². The van der Waals surface area contributed by atoms with Crippen LogP contribution in [0.1, 0.15) is 111 Å². The highest BCUT2D eigenvalue weighted by Crippen LogP contribution is 2.57. The minimum atomic E-state index is -0.102. The van der Waals surface area contributed by atoms with Crippen molar-refractivity contribution in [1.82, 2.24) is 22.8 Å². The Kier molecular flexibility index (Phi) is 17.0. The Morgan fingerprint density at radius 2 is 0.414 bits per heavy atom. The van der Waals surface area contributed by atoms with Crippen LogP contribution in [0, 0.1) is 13.8 Å². The number of aromatic nitrogens is 5. The van der Waals surface area contributed by atoms with Crippen molar-refractivity contribution in [2.45, 2.75) is 90.9 Å². The molecule has 4 aliphatic rings. The van der Waals surface area contributed by atoms with Crippen LogP contribution in [0.3, 0.4) is 0 Å². The van der Waals surface area contributed by atoms with Crippen molar-refractivity contribution >= 4 is 109 Å². The lowest BCUT2D eigenvalue weighted by Crippen LogP contribution is -2.15. The average molecular weight is 1710 g/mol. The predicted octanol–water partition coefficient (Wildman–Crippen LogP) is 33.7. The topological polar surface area (TPSA) is 24.6 Å². The Labute approximate surface area is 774 Å². The van der Waals surface area contributed by atoms with Gasteiger partial charge in [-0.2, -0.15) is 0 Å². The first-order chi connectivity index (χ1) is 64.8. The molecule has 24 aromatic rings. The zero-order chi connectivity index (χ0) is 89.4. The smallest absolute Gasteiger partial charge is 0.0544 e. The second-order valence-electron chi connectivity index (χ2n) is 39.7. The standard InChI is InChI=1S/C45H32N2.C42H33N.C41H32N2/c1-45(2)39-19-11-9-17-33(39)35-27-38-34-18-10-12-20-41(34)47(44(38)28-40(35)45)32-22-24-43-37(26-32)36-25-30(29-13-5-3-6-14-29)21-23-42(36)46(43)31-15-7-4-8-16-31;1-41(2)35-16-10-8-14-29(35)33-24-34-32-15-9-11-17-39(32)43(40(34)25-38(33)41)28-19-21-31-30-20-18-27(26-12-6-5-7-13-26)22-36(30)42(3,4)37(31)23-28;1-25-19-26(2)21-28(20-25)43-38-16-10-6-12-30(38)33-22-27(17-18-39(33)43)42-37-15-9-7-13-31(37)34-23-32-29-11-5-8-14-35(29)41(3,4)36(32)24-40(34)42/h3-28H,1-2H3;5-25H,1-4H3;5-24H,1-4H3. The molecular weight excluding hydrogens is 1610 g/mol. The lowest BCUT2D eigenvalue weighted by atomic mass is 9.81. The maximum absolute atomic E-state index is 2.50. The Hall–Kier alpha value is -15.8. The molecule has 634 valence electrons. The molecule has 5 heterocycles. The largest absolute Gasteiger partial charge is 0.309 e. The number of fused-ring (bicyclic) bond motifs is 27. The van der Waals surface area contributed by atoms with Gasteiger partial charge in [-0.15, -0.1) is 0 Å². The minimum absolute atomic E-state index is 0.0422. The lowest BCUT2D eigenvalue weighted by Gasteiger charge is -2.23. The van der Waals surface area contributed by atoms with Crippen LogP contribution in [-0.4, -0.2) is 22.8 Å². The summed E-state index contributed by atoms with van der Waals surface area (Å²) in [7, 11) is 0. The molecule has 0 unspecified atom stereocenters. The highest BCUT2D eigenvalue weighted by atomic mass is 15.0. The molecule has 0 amide bonds. The summed E-state index contributed by atoms with van der Waals surface area (Å²) in [4.78, 5) is 0. The van der Waals surface area contributed by atoms with Crippen LogP contribution in [0.2, 0.25) is 0 Å². The van der Waals surface area contributed by atoms with Crippen LogP contribution in [0.15, 0.2) is 406 Å². The average Bonchev–Trinajstić information content (AvgIpc) is 1.55. The van der Waals surface area contributed by atoms with Gasteiger partial charge in [0.2, 0.25) is 0 Å². The van der Waals surface area contributed by atoms with Gasteiger partial charge in [-0.3, -0.25) is 0 Å². The zero-order valence-electron chi connectivity index (χ0n) is 76.4. The van der Waals surface area contributed by atoms with Crippen molar-refractivity contribution in [2.24, 2.45) is 0 Å². The van der Waals surface area contributed by atoms with Gasteiger partial charge < -0.3 is 22.8 Å². The van der Waals surface area contributed by atoms with Crippen molar-refractivity contribution < 1.29 is 0 Å². The van der Waals surface area contributed by atoms with E-state index in [1.807, 2.05) is 0 Å². The number of nitrogens with zero attached hydrogens (tertiary/aromatic N) is 5. The van der Waals surface area contributed by atoms with E-state index in [0.29, 0.717) is 0 Å². The van der Waals surface area contributed by atoms with Gasteiger partial charge in [-0.05, 0) is 288 Å². The molecule has 0 bridgehead atoms. The molecule has 0 radical (unpaired) electrons. The molecule has 0 saturated heterocycles. The van der Waals surface area contributed by atoms with Crippen LogP contribution < -0.4 is 0 Å². The van der Waals surface area contributed by atoms with Crippen molar-refractivity contribution in [3.8, 4) is 95.2 Å². The van der Waals surface area contributed by atoms with E-state index in [2.05, 4.69) is 499 Å². The van der Waals surface area contributed by atoms with Gasteiger partial charge in [0.1, 0.15) is 0 Å². The quantitative estimate of drug-likeness (QED) is 0.152. The highest BCUT2D eigenvalue weighted by molar-refractivity contribution is 6.17. The third-order valence-corrected chi connectivity index (χ3v) is 30.7. The minimum Gasteiger partial charge on any atom is -0.309 e. The molecular formula is C128H97N5. The van der Waals surface area contributed by atoms with Crippen molar-refractivity contribution in [1.29, 1.82) is 0 Å². The van der Waals surface area contributed by atoms with Crippen LogP contribution in [0.4, 0.5) is 0 Å². The van der Waals surface area contributed by atoms with E-state index in [0.717, 1.165) is 0 Å². The van der Waals surface area contributed by atoms with Gasteiger partial charge in [0.15, 0.2) is 0 Å². The maximum atomic E-state index is 2.50. The molecule has 28 rings (SSSR count). The fourth-order valence-corrected chi connectivity index (χ4v) is 24.3. The molecule has 0 spiro atoms. The van der Waals surface area contributed by atoms with Gasteiger partial charge in [0.05, 0.1) is 55.2 Å². The summed E-state index contributed by atoms with van der Waals surface area (Å²) in [5, 5.41) is 12.8. The van der Waals surface area contributed by atoms with Crippen molar-refractivity contribution in [3.63, 3.8) is 0 Å². The van der Waals surface area contributed by atoms with E-state index < -0.39 is 0 Å². The molecule has 0 saturated carbocycles. The van der Waals surface area contributed by atoms with Gasteiger partial charge in [0, 0.05) is 104 Å². The number of para-hydroxylation sites is 5. The number of hydrogen-bond acceptors (Lipinski definition) is 0. The second kappa shape index (κ2) is 28.8. The monoisotopic (exact) mass is 1700 g/mol. The lowest BCUT2D eigenvalue weighted by molar-refractivity contribution is 0.660. The fourth-order valence-electron chi connectivity index (χ4n) is 24.3. The first kappa shape index (κ1) is 78.2. The molecule has 0 atom stereocenters. The van der Waals surface area contributed by atoms with Gasteiger partial charge in [-0.25, -0.2) is 0 Å². The summed E-state index contributed by atoms with van der Waals surface area (Å²) in [5.41, 5.74) is 47.8. The molecule has 0 aliphatic heterocycles. The van der Waals surface area contributed by atoms with E-state index in [1.165, 1.54) is 260 Å². The van der Waals surface area contributed by atoms with E-state index in [-0.39, 0.29) is 21.7 Å². The van der Waals surface area contributed by atoms with E-state index in [4.69, 9.17) is 0 Å². The number of benzene rings is 19. The Balaban J connectivity index is 0.000000104. The summed E-state index contributed by atoms with van der Waals surface area (Å²) >= 11 is 0. The van der Waals surface area contributed by atoms with Gasteiger partial charge in [-0.1, -0.05) is 310 Å². The predicted molar refractivity (Wildman–Crippen MR) is 562 cm³/mol. The number of rotatable bonds is 7. The van der Waals surface area contributed by atoms with Crippen molar-refractivity contribution in [2.75, 3.05) is 0 Å². The third kappa shape index (κ3) is 11.5. The van der Waals surface area contributed by atoms with Crippen LogP contribution in [0.25, 0.3) is 204 Å². The Bertz CT molecular complexity index is 9060. The first-order valence-electron chi connectivity index (χ1n) is 47.0. The fraction of sp³-hybridized carbons (Fsp3) is 0.109. The molecule has 5 aromatic heterocycles. The normalized spacial score (nSPS) is 14.2. The van der Waals surface area contributed by atoms with Crippen LogP contribution in [-0.2, 0) is 21.7 Å². The molecule has 4 aliphatic carbocycles. The van der Waals surface area contributed by atoms with Crippen LogP contribution >= 0.6 is 0 Å². The summed E-state index contributed by atoms with van der Waals surface area (Å²) in [6, 6.07) is 151. The van der Waals surface area contributed by atoms with Crippen molar-refractivity contribution in [3.05, 3.63) is 462 Å². The zero-order valence-corrected chi connectivity index (χ0v) is 76.4. The molecule has 19 aromatic carbocycles. The number of hydrogen-bond donors (Lipinski definition) is 0.